The van der Waals surface area contributed by atoms with E-state index in [1.54, 1.807) is 6.92 Å². The fourth-order valence-corrected chi connectivity index (χ4v) is 2.78. The molecule has 3 N–H and O–H groups in total. The highest BCUT2D eigenvalue weighted by molar-refractivity contribution is 7.80. The summed E-state index contributed by atoms with van der Waals surface area (Å²) in [4.78, 5) is 11.9. The molecule has 2 rings (SSSR count). The van der Waals surface area contributed by atoms with Crippen LogP contribution in [0.15, 0.2) is 23.3 Å². The second-order valence-electron chi connectivity index (χ2n) is 5.55. The third kappa shape index (κ3) is 1.99. The summed E-state index contributed by atoms with van der Waals surface area (Å²) < 4.78 is 0. The second-order valence-corrected chi connectivity index (χ2v) is 5.99. The highest BCUT2D eigenvalue weighted by Gasteiger charge is 2.41. The van der Waals surface area contributed by atoms with Gasteiger partial charge in [-0.05, 0) is 37.2 Å². The van der Waals surface area contributed by atoms with E-state index in [4.69, 9.17) is 18.0 Å². The quantitative estimate of drug-likeness (QED) is 0.770. The average Bonchev–Trinajstić information content (AvgIpc) is 2.19. The normalized spacial score (nSPS) is 32.2. The Bertz CT molecular complexity index is 462. The zero-order valence-electron chi connectivity index (χ0n) is 10.8. The fraction of sp³-hybridized carbons (Fsp3) is 0.571. The SMILES string of the molecule is CC1C=C(C(N)=S)C(C2CCC2)=CC1(C)C(=O)O. The molecule has 0 radical (unpaired) electrons. The standard InChI is InChI=1S/C14H19NO2S/c1-8-6-10(12(15)18)11(9-4-3-5-9)7-14(8,2)13(16)17/h6-9H,3-5H2,1-2H3,(H2,15,18)(H,16,17). The Morgan fingerprint density at radius 1 is 1.56 bits per heavy atom. The monoisotopic (exact) mass is 265 g/mol. The van der Waals surface area contributed by atoms with Crippen LogP contribution in [-0.2, 0) is 4.79 Å². The molecule has 4 heteroatoms. The highest BCUT2D eigenvalue weighted by atomic mass is 32.1. The van der Waals surface area contributed by atoms with Gasteiger partial charge < -0.3 is 10.8 Å². The zero-order chi connectivity index (χ0) is 13.5. The zero-order valence-corrected chi connectivity index (χ0v) is 11.6. The molecule has 0 spiro atoms. The Hall–Kier alpha value is -1.16. The number of carboxylic acid groups (broad SMARTS) is 1. The number of thiocarbonyl (C=S) groups is 1. The van der Waals surface area contributed by atoms with Crippen molar-refractivity contribution in [3.8, 4) is 0 Å². The summed E-state index contributed by atoms with van der Waals surface area (Å²) in [5.41, 5.74) is 6.87. The molecule has 0 heterocycles. The van der Waals surface area contributed by atoms with Gasteiger partial charge in [0.1, 0.15) is 4.99 Å². The Balaban J connectivity index is 2.44. The van der Waals surface area contributed by atoms with Gasteiger partial charge in [0.05, 0.1) is 5.41 Å². The molecule has 2 atom stereocenters. The topological polar surface area (TPSA) is 63.3 Å². The number of nitrogens with two attached hydrogens (primary N) is 1. The first kappa shape index (κ1) is 13.3. The lowest BCUT2D eigenvalue weighted by molar-refractivity contribution is -0.146. The van der Waals surface area contributed by atoms with E-state index in [1.807, 2.05) is 19.1 Å². The van der Waals surface area contributed by atoms with Gasteiger partial charge in [-0.2, -0.15) is 0 Å². The number of rotatable bonds is 3. The van der Waals surface area contributed by atoms with E-state index in [1.165, 1.54) is 6.42 Å². The van der Waals surface area contributed by atoms with Crippen LogP contribution in [-0.4, -0.2) is 16.1 Å². The minimum Gasteiger partial charge on any atom is -0.481 e. The van der Waals surface area contributed by atoms with Crippen molar-refractivity contribution >= 4 is 23.2 Å². The van der Waals surface area contributed by atoms with E-state index in [0.717, 1.165) is 24.0 Å². The van der Waals surface area contributed by atoms with Crippen molar-refractivity contribution in [3.05, 3.63) is 23.3 Å². The molecule has 2 aliphatic carbocycles. The van der Waals surface area contributed by atoms with Gasteiger partial charge in [-0.3, -0.25) is 4.79 Å². The van der Waals surface area contributed by atoms with Crippen molar-refractivity contribution in [2.24, 2.45) is 23.0 Å². The Morgan fingerprint density at radius 3 is 2.56 bits per heavy atom. The largest absolute Gasteiger partial charge is 0.481 e. The predicted molar refractivity (Wildman–Crippen MR) is 75.2 cm³/mol. The summed E-state index contributed by atoms with van der Waals surface area (Å²) in [6.45, 7) is 3.67. The summed E-state index contributed by atoms with van der Waals surface area (Å²) in [6.07, 6.45) is 7.24. The van der Waals surface area contributed by atoms with E-state index in [-0.39, 0.29) is 5.92 Å². The molecule has 98 valence electrons. The molecule has 18 heavy (non-hydrogen) atoms. The van der Waals surface area contributed by atoms with Gasteiger partial charge in [-0.1, -0.05) is 37.7 Å². The number of hydrogen-bond acceptors (Lipinski definition) is 2. The molecule has 1 fully saturated rings. The lowest BCUT2D eigenvalue weighted by Crippen LogP contribution is -2.37. The Morgan fingerprint density at radius 2 is 2.17 bits per heavy atom. The van der Waals surface area contributed by atoms with Crippen LogP contribution in [0, 0.1) is 17.3 Å². The summed E-state index contributed by atoms with van der Waals surface area (Å²) >= 11 is 5.10. The van der Waals surface area contributed by atoms with Gasteiger partial charge in [0.2, 0.25) is 0 Å². The third-order valence-electron chi connectivity index (χ3n) is 4.40. The van der Waals surface area contributed by atoms with Crippen LogP contribution in [0.5, 0.6) is 0 Å². The molecule has 0 aromatic rings. The Labute approximate surface area is 113 Å². The molecular weight excluding hydrogens is 246 g/mol. The van der Waals surface area contributed by atoms with Gasteiger partial charge in [-0.15, -0.1) is 0 Å². The molecule has 0 amide bonds. The minimum absolute atomic E-state index is 0.102. The molecule has 0 aliphatic heterocycles. The summed E-state index contributed by atoms with van der Waals surface area (Å²) in [6, 6.07) is 0. The van der Waals surface area contributed by atoms with Crippen molar-refractivity contribution in [3.63, 3.8) is 0 Å². The fourth-order valence-electron chi connectivity index (χ4n) is 2.59. The van der Waals surface area contributed by atoms with Gasteiger partial charge in [0.25, 0.3) is 0 Å². The lowest BCUT2D eigenvalue weighted by atomic mass is 9.66. The van der Waals surface area contributed by atoms with E-state index < -0.39 is 11.4 Å². The molecule has 2 unspecified atom stereocenters. The predicted octanol–water partition coefficient (Wildman–Crippen LogP) is 2.67. The van der Waals surface area contributed by atoms with Crippen LogP contribution >= 0.6 is 12.2 Å². The van der Waals surface area contributed by atoms with Gasteiger partial charge in [0, 0.05) is 5.57 Å². The smallest absolute Gasteiger partial charge is 0.313 e. The van der Waals surface area contributed by atoms with Gasteiger partial charge >= 0.3 is 5.97 Å². The molecule has 3 nitrogen and oxygen atoms in total. The highest BCUT2D eigenvalue weighted by Crippen LogP contribution is 2.45. The van der Waals surface area contributed by atoms with E-state index >= 15 is 0 Å². The molecule has 1 saturated carbocycles. The van der Waals surface area contributed by atoms with Crippen molar-refractivity contribution in [2.75, 3.05) is 0 Å². The summed E-state index contributed by atoms with van der Waals surface area (Å²) in [5, 5.41) is 9.45. The maximum atomic E-state index is 11.5. The van der Waals surface area contributed by atoms with Crippen molar-refractivity contribution in [1.29, 1.82) is 0 Å². The number of carboxylic acids is 1. The molecule has 0 saturated heterocycles. The third-order valence-corrected chi connectivity index (χ3v) is 4.62. The molecule has 0 aromatic carbocycles. The van der Waals surface area contributed by atoms with Crippen LogP contribution in [0.1, 0.15) is 33.1 Å². The summed E-state index contributed by atoms with van der Waals surface area (Å²) in [5.74, 6) is -0.454. The number of allylic oxidation sites excluding steroid dienone is 1. The van der Waals surface area contributed by atoms with Gasteiger partial charge in [-0.25, -0.2) is 0 Å². The van der Waals surface area contributed by atoms with E-state index in [0.29, 0.717) is 10.9 Å². The van der Waals surface area contributed by atoms with Crippen LogP contribution in [0.3, 0.4) is 0 Å². The maximum absolute atomic E-state index is 11.5. The average molecular weight is 265 g/mol. The first-order chi connectivity index (χ1) is 8.36. The molecule has 0 aromatic heterocycles. The van der Waals surface area contributed by atoms with Crippen molar-refractivity contribution < 1.29 is 9.90 Å². The second kappa shape index (κ2) is 4.50. The molecule has 2 aliphatic rings. The van der Waals surface area contributed by atoms with Crippen LogP contribution < -0.4 is 5.73 Å². The van der Waals surface area contributed by atoms with Gasteiger partial charge in [0.15, 0.2) is 0 Å². The molecular formula is C14H19NO2S. The van der Waals surface area contributed by atoms with Crippen molar-refractivity contribution in [2.45, 2.75) is 33.1 Å². The van der Waals surface area contributed by atoms with Crippen LogP contribution in [0.25, 0.3) is 0 Å². The van der Waals surface area contributed by atoms with Crippen molar-refractivity contribution in [1.82, 2.24) is 0 Å². The summed E-state index contributed by atoms with van der Waals surface area (Å²) in [7, 11) is 0. The number of carbonyl (C=O) groups is 1. The number of hydrogen-bond donors (Lipinski definition) is 2. The first-order valence-corrected chi connectivity index (χ1v) is 6.75. The van der Waals surface area contributed by atoms with Crippen LogP contribution in [0.2, 0.25) is 0 Å². The van der Waals surface area contributed by atoms with E-state index in [2.05, 4.69) is 0 Å². The maximum Gasteiger partial charge on any atom is 0.313 e. The first-order valence-electron chi connectivity index (χ1n) is 6.34. The molecule has 0 bridgehead atoms. The van der Waals surface area contributed by atoms with Crippen LogP contribution in [0.4, 0.5) is 0 Å². The minimum atomic E-state index is -0.848. The van der Waals surface area contributed by atoms with E-state index in [9.17, 15) is 9.90 Å². The number of aliphatic carboxylic acids is 1. The lowest BCUT2D eigenvalue weighted by Gasteiger charge is -2.38. The Kier molecular flexibility index (Phi) is 3.32.